The number of aromatic nitrogens is 1. The normalized spacial score (nSPS) is 11.4. The number of para-hydroxylation sites is 1. The molecule has 0 atom stereocenters. The molecule has 1 heterocycles. The largest absolute Gasteiger partial charge is 0.382 e. The van der Waals surface area contributed by atoms with Crippen LogP contribution in [0, 0.1) is 0 Å². The highest BCUT2D eigenvalue weighted by molar-refractivity contribution is 5.97. The number of rotatable bonds is 7. The first kappa shape index (κ1) is 18.5. The molecule has 2 aromatic carbocycles. The van der Waals surface area contributed by atoms with Gasteiger partial charge in [-0.15, -0.1) is 0 Å². The van der Waals surface area contributed by atoms with E-state index in [1.54, 1.807) is 0 Å². The van der Waals surface area contributed by atoms with Gasteiger partial charge in [-0.1, -0.05) is 30.3 Å². The van der Waals surface area contributed by atoms with Crippen LogP contribution >= 0.6 is 0 Å². The summed E-state index contributed by atoms with van der Waals surface area (Å²) in [5.74, 6) is 0.533. The Labute approximate surface area is 159 Å². The van der Waals surface area contributed by atoms with Crippen molar-refractivity contribution >= 4 is 23.1 Å². The van der Waals surface area contributed by atoms with E-state index in [9.17, 15) is 4.79 Å². The van der Waals surface area contributed by atoms with Crippen molar-refractivity contribution in [3.05, 3.63) is 84.2 Å². The van der Waals surface area contributed by atoms with E-state index in [2.05, 4.69) is 10.3 Å². The Balaban J connectivity index is 1.49. The molecule has 5 nitrogen and oxygen atoms in total. The van der Waals surface area contributed by atoms with Crippen LogP contribution in [0.25, 0.3) is 0 Å². The van der Waals surface area contributed by atoms with Crippen LogP contribution < -0.4 is 11.1 Å². The molecule has 138 valence electrons. The number of benzene rings is 2. The van der Waals surface area contributed by atoms with Crippen LogP contribution in [0.15, 0.2) is 77.9 Å². The number of amides is 1. The summed E-state index contributed by atoms with van der Waals surface area (Å²) in [6, 6.07) is 21.4. The van der Waals surface area contributed by atoms with Gasteiger partial charge in [-0.2, -0.15) is 0 Å². The van der Waals surface area contributed by atoms with Gasteiger partial charge in [0.05, 0.1) is 11.4 Å². The molecule has 5 heteroatoms. The predicted molar refractivity (Wildman–Crippen MR) is 110 cm³/mol. The Hall–Kier alpha value is -3.34. The molecule has 0 aliphatic carbocycles. The van der Waals surface area contributed by atoms with Gasteiger partial charge in [-0.05, 0) is 54.8 Å². The van der Waals surface area contributed by atoms with Crippen molar-refractivity contribution in [1.29, 1.82) is 0 Å². The minimum atomic E-state index is 0.0396. The first-order valence-corrected chi connectivity index (χ1v) is 9.01. The van der Waals surface area contributed by atoms with Gasteiger partial charge in [0.1, 0.15) is 5.84 Å². The SMILES string of the molecule is Cn1cccc1C(N)=Nc1ccc(CCCC(=O)Nc2ccccc2)cc1. The molecule has 3 rings (SSSR count). The van der Waals surface area contributed by atoms with Crippen LogP contribution in [0.5, 0.6) is 0 Å². The third kappa shape index (κ3) is 5.31. The van der Waals surface area contributed by atoms with Gasteiger partial charge in [-0.25, -0.2) is 4.99 Å². The minimum Gasteiger partial charge on any atom is -0.382 e. The van der Waals surface area contributed by atoms with Gasteiger partial charge in [0, 0.05) is 25.4 Å². The van der Waals surface area contributed by atoms with E-state index in [4.69, 9.17) is 5.73 Å². The number of amidine groups is 1. The highest BCUT2D eigenvalue weighted by Gasteiger charge is 2.04. The van der Waals surface area contributed by atoms with E-state index in [-0.39, 0.29) is 5.91 Å². The van der Waals surface area contributed by atoms with Gasteiger partial charge in [0.25, 0.3) is 0 Å². The van der Waals surface area contributed by atoms with Gasteiger partial charge < -0.3 is 15.6 Å². The third-order valence-electron chi connectivity index (χ3n) is 4.32. The zero-order chi connectivity index (χ0) is 19.1. The molecule has 0 fully saturated rings. The lowest BCUT2D eigenvalue weighted by Crippen LogP contribution is -2.16. The molecule has 0 saturated heterocycles. The van der Waals surface area contributed by atoms with E-state index in [0.717, 1.165) is 29.9 Å². The zero-order valence-electron chi connectivity index (χ0n) is 15.4. The maximum Gasteiger partial charge on any atom is 0.224 e. The van der Waals surface area contributed by atoms with Gasteiger partial charge >= 0.3 is 0 Å². The third-order valence-corrected chi connectivity index (χ3v) is 4.32. The molecule has 1 amide bonds. The quantitative estimate of drug-likeness (QED) is 0.493. The number of nitrogens with zero attached hydrogens (tertiary/aromatic N) is 2. The first-order chi connectivity index (χ1) is 13.1. The number of carbonyl (C=O) groups excluding carboxylic acids is 1. The second-order valence-electron chi connectivity index (χ2n) is 6.44. The van der Waals surface area contributed by atoms with Crippen molar-refractivity contribution in [2.45, 2.75) is 19.3 Å². The van der Waals surface area contributed by atoms with E-state index in [0.29, 0.717) is 12.3 Å². The fraction of sp³-hybridized carbons (Fsp3) is 0.182. The molecule has 0 bridgehead atoms. The standard InChI is InChI=1S/C22H24N4O/c1-26-16-6-10-20(26)22(23)25-19-14-12-17(13-15-19)7-5-11-21(27)24-18-8-3-2-4-9-18/h2-4,6,8-10,12-16H,5,7,11H2,1H3,(H2,23,25)(H,24,27). The summed E-state index contributed by atoms with van der Waals surface area (Å²) in [4.78, 5) is 16.4. The van der Waals surface area contributed by atoms with Crippen molar-refractivity contribution in [3.8, 4) is 0 Å². The molecule has 1 aromatic heterocycles. The summed E-state index contributed by atoms with van der Waals surface area (Å²) in [6.07, 6.45) is 4.08. The fourth-order valence-electron chi connectivity index (χ4n) is 2.86. The Morgan fingerprint density at radius 2 is 1.78 bits per heavy atom. The molecular formula is C22H24N4O. The lowest BCUT2D eigenvalue weighted by atomic mass is 10.1. The summed E-state index contributed by atoms with van der Waals surface area (Å²) in [5.41, 5.74) is 9.80. The van der Waals surface area contributed by atoms with Crippen molar-refractivity contribution in [3.63, 3.8) is 0 Å². The summed E-state index contributed by atoms with van der Waals surface area (Å²) in [5, 5.41) is 2.90. The number of aryl methyl sites for hydroxylation is 2. The zero-order valence-corrected chi connectivity index (χ0v) is 15.4. The number of hydrogen-bond acceptors (Lipinski definition) is 2. The number of hydrogen-bond donors (Lipinski definition) is 2. The second-order valence-corrected chi connectivity index (χ2v) is 6.44. The van der Waals surface area contributed by atoms with Crippen molar-refractivity contribution < 1.29 is 4.79 Å². The first-order valence-electron chi connectivity index (χ1n) is 9.01. The van der Waals surface area contributed by atoms with Crippen molar-refractivity contribution in [2.75, 3.05) is 5.32 Å². The van der Waals surface area contributed by atoms with Crippen LogP contribution in [-0.4, -0.2) is 16.3 Å². The minimum absolute atomic E-state index is 0.0396. The van der Waals surface area contributed by atoms with Crippen LogP contribution in [0.2, 0.25) is 0 Å². The van der Waals surface area contributed by atoms with Gasteiger partial charge in [-0.3, -0.25) is 4.79 Å². The van der Waals surface area contributed by atoms with E-state index in [1.165, 1.54) is 5.56 Å². The summed E-state index contributed by atoms with van der Waals surface area (Å²) in [7, 11) is 1.94. The summed E-state index contributed by atoms with van der Waals surface area (Å²) < 4.78 is 1.94. The van der Waals surface area contributed by atoms with Crippen LogP contribution in [-0.2, 0) is 18.3 Å². The van der Waals surface area contributed by atoms with Gasteiger partial charge in [0.2, 0.25) is 5.91 Å². The number of aliphatic imine (C=N–C) groups is 1. The lowest BCUT2D eigenvalue weighted by molar-refractivity contribution is -0.116. The van der Waals surface area contributed by atoms with Crippen LogP contribution in [0.3, 0.4) is 0 Å². The lowest BCUT2D eigenvalue weighted by Gasteiger charge is -2.06. The maximum absolute atomic E-state index is 12.0. The molecule has 0 radical (unpaired) electrons. The smallest absolute Gasteiger partial charge is 0.224 e. The Bertz CT molecular complexity index is 911. The van der Waals surface area contributed by atoms with E-state index >= 15 is 0 Å². The number of carbonyl (C=O) groups is 1. The number of anilines is 1. The Morgan fingerprint density at radius 3 is 2.44 bits per heavy atom. The molecule has 3 aromatic rings. The summed E-state index contributed by atoms with van der Waals surface area (Å²) in [6.45, 7) is 0. The fourth-order valence-corrected chi connectivity index (χ4v) is 2.86. The van der Waals surface area contributed by atoms with E-state index in [1.807, 2.05) is 84.5 Å². The molecule has 0 aliphatic heterocycles. The molecule has 27 heavy (non-hydrogen) atoms. The predicted octanol–water partition coefficient (Wildman–Crippen LogP) is 4.02. The molecule has 0 saturated carbocycles. The molecular weight excluding hydrogens is 336 g/mol. The summed E-state index contributed by atoms with van der Waals surface area (Å²) >= 11 is 0. The number of nitrogens with one attached hydrogen (secondary N) is 1. The second kappa shape index (κ2) is 8.85. The highest BCUT2D eigenvalue weighted by Crippen LogP contribution is 2.16. The van der Waals surface area contributed by atoms with E-state index < -0.39 is 0 Å². The van der Waals surface area contributed by atoms with Crippen molar-refractivity contribution in [2.24, 2.45) is 17.8 Å². The molecule has 0 spiro atoms. The Kier molecular flexibility index (Phi) is 6.05. The highest BCUT2D eigenvalue weighted by atomic mass is 16.1. The average Bonchev–Trinajstić information content (AvgIpc) is 3.10. The van der Waals surface area contributed by atoms with Crippen LogP contribution in [0.1, 0.15) is 24.1 Å². The average molecular weight is 360 g/mol. The number of nitrogens with two attached hydrogens (primary N) is 1. The topological polar surface area (TPSA) is 72.4 Å². The molecule has 3 N–H and O–H groups in total. The Morgan fingerprint density at radius 1 is 1.04 bits per heavy atom. The van der Waals surface area contributed by atoms with Crippen molar-refractivity contribution in [1.82, 2.24) is 4.57 Å². The van der Waals surface area contributed by atoms with Gasteiger partial charge in [0.15, 0.2) is 0 Å². The molecule has 0 aliphatic rings. The van der Waals surface area contributed by atoms with Crippen LogP contribution in [0.4, 0.5) is 11.4 Å². The monoisotopic (exact) mass is 360 g/mol. The molecule has 0 unspecified atom stereocenters. The maximum atomic E-state index is 12.0.